The number of amides is 2. The molecular weight excluding hydrogens is 300 g/mol. The molecule has 0 aliphatic carbocycles. The van der Waals surface area contributed by atoms with Gasteiger partial charge in [-0.2, -0.15) is 0 Å². The second kappa shape index (κ2) is 6.69. The molecule has 2 atom stereocenters. The molecule has 1 aromatic rings. The molecule has 1 aliphatic rings. The molecule has 0 radical (unpaired) electrons. The van der Waals surface area contributed by atoms with Gasteiger partial charge in [-0.1, -0.05) is 57.5 Å². The van der Waals surface area contributed by atoms with E-state index in [1.54, 1.807) is 4.90 Å². The summed E-state index contributed by atoms with van der Waals surface area (Å²) in [6.45, 7) is 6.81. The maximum Gasteiger partial charge on any atom is 0.258 e. The van der Waals surface area contributed by atoms with Gasteiger partial charge in [-0.25, -0.2) is 4.42 Å². The number of carbonyl (C=O) groups excluding carboxylic acids is 2. The Bertz CT molecular complexity index is 549. The van der Waals surface area contributed by atoms with Crippen molar-refractivity contribution in [3.05, 3.63) is 35.9 Å². The van der Waals surface area contributed by atoms with Crippen molar-refractivity contribution in [3.63, 3.8) is 0 Å². The Labute approximate surface area is 137 Å². The van der Waals surface area contributed by atoms with Crippen molar-refractivity contribution in [1.82, 2.24) is 9.32 Å². The fourth-order valence-corrected chi connectivity index (χ4v) is 3.24. The summed E-state index contributed by atoms with van der Waals surface area (Å²) >= 11 is 6.16. The van der Waals surface area contributed by atoms with Gasteiger partial charge in [-0.15, -0.1) is 0 Å². The molecule has 22 heavy (non-hydrogen) atoms. The topological polar surface area (TPSA) is 40.6 Å². The normalized spacial score (nSPS) is 23.8. The van der Waals surface area contributed by atoms with E-state index in [4.69, 9.17) is 11.8 Å². The zero-order valence-corrected chi connectivity index (χ0v) is 14.1. The zero-order valence-electron chi connectivity index (χ0n) is 13.4. The van der Waals surface area contributed by atoms with E-state index in [0.29, 0.717) is 24.4 Å². The first-order valence-corrected chi connectivity index (χ1v) is 8.13. The Hall–Kier alpha value is -1.55. The highest BCUT2D eigenvalue weighted by Gasteiger charge is 2.53. The second-order valence-electron chi connectivity index (χ2n) is 5.97. The Morgan fingerprint density at radius 2 is 1.82 bits per heavy atom. The molecule has 1 heterocycles. The summed E-state index contributed by atoms with van der Waals surface area (Å²) in [5, 5.41) is 0. The molecule has 0 N–H and O–H groups in total. The molecule has 4 nitrogen and oxygen atoms in total. The zero-order chi connectivity index (χ0) is 16.3. The van der Waals surface area contributed by atoms with Gasteiger partial charge in [0.25, 0.3) is 5.91 Å². The number of rotatable bonds is 5. The number of benzene rings is 1. The molecule has 2 rings (SSSR count). The van der Waals surface area contributed by atoms with Crippen LogP contribution in [-0.4, -0.2) is 34.3 Å². The number of hydrogen-bond acceptors (Lipinski definition) is 2. The molecule has 1 aliphatic heterocycles. The van der Waals surface area contributed by atoms with E-state index >= 15 is 0 Å². The SMILES string of the molecule is CCC(C)CN1CN(Cl)C(=O)C(CC)(c2ccccc2)C1=O. The molecule has 0 aromatic heterocycles. The predicted molar refractivity (Wildman–Crippen MR) is 87.1 cm³/mol. The van der Waals surface area contributed by atoms with Gasteiger partial charge in [0.2, 0.25) is 5.91 Å². The van der Waals surface area contributed by atoms with Gasteiger partial charge in [0.1, 0.15) is 6.67 Å². The molecule has 5 heteroatoms. The van der Waals surface area contributed by atoms with Gasteiger partial charge in [0.15, 0.2) is 5.41 Å². The molecule has 2 amide bonds. The largest absolute Gasteiger partial charge is 0.322 e. The molecule has 2 unspecified atom stereocenters. The monoisotopic (exact) mass is 322 g/mol. The van der Waals surface area contributed by atoms with Crippen molar-refractivity contribution in [2.24, 2.45) is 5.92 Å². The van der Waals surface area contributed by atoms with Crippen LogP contribution in [0.25, 0.3) is 0 Å². The number of halogens is 1. The summed E-state index contributed by atoms with van der Waals surface area (Å²) in [4.78, 5) is 27.6. The van der Waals surface area contributed by atoms with Crippen LogP contribution in [0.15, 0.2) is 30.3 Å². The fourth-order valence-electron chi connectivity index (χ4n) is 2.97. The van der Waals surface area contributed by atoms with E-state index in [9.17, 15) is 9.59 Å². The minimum Gasteiger partial charge on any atom is -0.322 e. The van der Waals surface area contributed by atoms with Crippen LogP contribution in [0.1, 0.15) is 39.2 Å². The first kappa shape index (κ1) is 16.8. The molecule has 0 bridgehead atoms. The summed E-state index contributed by atoms with van der Waals surface area (Å²) in [7, 11) is 0. The van der Waals surface area contributed by atoms with Gasteiger partial charge in [-0.05, 0) is 17.9 Å². The average Bonchev–Trinajstić information content (AvgIpc) is 2.54. The first-order valence-electron chi connectivity index (χ1n) is 7.80. The van der Waals surface area contributed by atoms with E-state index in [1.165, 1.54) is 0 Å². The van der Waals surface area contributed by atoms with Gasteiger partial charge < -0.3 is 4.90 Å². The third-order valence-corrected chi connectivity index (χ3v) is 4.82. The summed E-state index contributed by atoms with van der Waals surface area (Å²) in [6.07, 6.45) is 1.37. The van der Waals surface area contributed by atoms with E-state index in [1.807, 2.05) is 37.3 Å². The lowest BCUT2D eigenvalue weighted by Crippen LogP contribution is -2.63. The third-order valence-electron chi connectivity index (χ3n) is 4.56. The lowest BCUT2D eigenvalue weighted by molar-refractivity contribution is -0.157. The Morgan fingerprint density at radius 1 is 1.18 bits per heavy atom. The van der Waals surface area contributed by atoms with Crippen molar-refractivity contribution in [2.45, 2.75) is 39.0 Å². The quantitative estimate of drug-likeness (QED) is 0.617. The van der Waals surface area contributed by atoms with Gasteiger partial charge in [0.05, 0.1) is 0 Å². The van der Waals surface area contributed by atoms with Crippen LogP contribution >= 0.6 is 11.8 Å². The predicted octanol–water partition coefficient (Wildman–Crippen LogP) is 3.16. The van der Waals surface area contributed by atoms with Gasteiger partial charge in [0, 0.05) is 18.3 Å². The third kappa shape index (κ3) is 2.72. The Kier molecular flexibility index (Phi) is 5.12. The van der Waals surface area contributed by atoms with Crippen LogP contribution in [-0.2, 0) is 15.0 Å². The highest BCUT2D eigenvalue weighted by molar-refractivity contribution is 6.27. The fraction of sp³-hybridized carbons (Fsp3) is 0.529. The summed E-state index contributed by atoms with van der Waals surface area (Å²) in [5.41, 5.74) is -0.485. The second-order valence-corrected chi connectivity index (χ2v) is 6.38. The van der Waals surface area contributed by atoms with Gasteiger partial charge in [-0.3, -0.25) is 9.59 Å². The summed E-state index contributed by atoms with van der Waals surface area (Å²) < 4.78 is 1.15. The standard InChI is InChI=1S/C17H23ClN2O2/c1-4-13(3)11-19-12-20(18)16(22)17(5-2,15(19)21)14-9-7-6-8-10-14/h6-10,13H,4-5,11-12H2,1-3H3. The number of nitrogens with zero attached hydrogens (tertiary/aromatic N) is 2. The number of carbonyl (C=O) groups is 2. The van der Waals surface area contributed by atoms with E-state index in [0.717, 1.165) is 10.8 Å². The van der Waals surface area contributed by atoms with Gasteiger partial charge >= 0.3 is 0 Å². The average molecular weight is 323 g/mol. The molecule has 120 valence electrons. The minimum absolute atomic E-state index is 0.136. The van der Waals surface area contributed by atoms with E-state index in [-0.39, 0.29) is 18.5 Å². The summed E-state index contributed by atoms with van der Waals surface area (Å²) in [5.74, 6) is -0.0933. The lowest BCUT2D eigenvalue weighted by atomic mass is 9.74. The molecule has 1 saturated heterocycles. The van der Waals surface area contributed by atoms with Crippen molar-refractivity contribution in [3.8, 4) is 0 Å². The van der Waals surface area contributed by atoms with Crippen LogP contribution in [0.3, 0.4) is 0 Å². The van der Waals surface area contributed by atoms with Crippen LogP contribution in [0.4, 0.5) is 0 Å². The van der Waals surface area contributed by atoms with Crippen LogP contribution in [0.5, 0.6) is 0 Å². The molecule has 0 saturated carbocycles. The van der Waals surface area contributed by atoms with Crippen molar-refractivity contribution >= 4 is 23.6 Å². The summed E-state index contributed by atoms with van der Waals surface area (Å²) in [6, 6.07) is 9.23. The van der Waals surface area contributed by atoms with Crippen LogP contribution in [0.2, 0.25) is 0 Å². The van der Waals surface area contributed by atoms with Crippen molar-refractivity contribution in [1.29, 1.82) is 0 Å². The highest BCUT2D eigenvalue weighted by Crippen LogP contribution is 2.36. The first-order chi connectivity index (χ1) is 10.5. The maximum atomic E-state index is 13.1. The highest BCUT2D eigenvalue weighted by atomic mass is 35.5. The smallest absolute Gasteiger partial charge is 0.258 e. The molecule has 1 fully saturated rings. The maximum absolute atomic E-state index is 13.1. The van der Waals surface area contributed by atoms with Crippen LogP contribution < -0.4 is 0 Å². The molecule has 0 spiro atoms. The van der Waals surface area contributed by atoms with Crippen molar-refractivity contribution in [2.75, 3.05) is 13.2 Å². The Morgan fingerprint density at radius 3 is 2.36 bits per heavy atom. The number of hydrogen-bond donors (Lipinski definition) is 0. The Balaban J connectivity index is 2.45. The van der Waals surface area contributed by atoms with Crippen LogP contribution in [0, 0.1) is 5.92 Å². The molecule has 1 aromatic carbocycles. The van der Waals surface area contributed by atoms with Crippen molar-refractivity contribution < 1.29 is 9.59 Å². The lowest BCUT2D eigenvalue weighted by Gasteiger charge is -2.44. The van der Waals surface area contributed by atoms with E-state index in [2.05, 4.69) is 13.8 Å². The van der Waals surface area contributed by atoms with E-state index < -0.39 is 5.41 Å². The molecular formula is C17H23ClN2O2. The minimum atomic E-state index is -1.20.